The topological polar surface area (TPSA) is 84.2 Å². The van der Waals surface area contributed by atoms with Crippen LogP contribution in [-0.2, 0) is 11.2 Å². The van der Waals surface area contributed by atoms with Gasteiger partial charge in [-0.15, -0.1) is 0 Å². The van der Waals surface area contributed by atoms with Crippen LogP contribution in [0.5, 0.6) is 0 Å². The molecule has 1 aliphatic carbocycles. The molecule has 3 rings (SSSR count). The molecule has 1 fully saturated rings. The molecule has 2 aromatic rings. The van der Waals surface area contributed by atoms with E-state index in [9.17, 15) is 9.59 Å². The zero-order valence-electron chi connectivity index (χ0n) is 15.7. The van der Waals surface area contributed by atoms with Crippen LogP contribution in [0.1, 0.15) is 41.6 Å². The fourth-order valence-corrected chi connectivity index (χ4v) is 3.59. The average molecular weight is 400 g/mol. The van der Waals surface area contributed by atoms with Gasteiger partial charge in [0.2, 0.25) is 5.91 Å². The largest absolute Gasteiger partial charge is 0.352 e. The first-order valence-electron chi connectivity index (χ1n) is 9.67. The normalized spacial score (nSPS) is 20.2. The van der Waals surface area contributed by atoms with E-state index in [0.29, 0.717) is 17.0 Å². The first-order chi connectivity index (χ1) is 13.5. The Kier molecular flexibility index (Phi) is 7.06. The van der Waals surface area contributed by atoms with Crippen molar-refractivity contribution >= 4 is 23.4 Å². The van der Waals surface area contributed by atoms with Gasteiger partial charge in [-0.05, 0) is 55.5 Å². The summed E-state index contributed by atoms with van der Waals surface area (Å²) in [6.07, 6.45) is 3.99. The van der Waals surface area contributed by atoms with Crippen LogP contribution >= 0.6 is 11.6 Å². The van der Waals surface area contributed by atoms with Crippen LogP contribution in [0, 0.1) is 0 Å². The first-order valence-corrected chi connectivity index (χ1v) is 10.1. The first kappa shape index (κ1) is 20.4. The Morgan fingerprint density at radius 2 is 1.64 bits per heavy atom. The monoisotopic (exact) mass is 399 g/mol. The molecule has 1 saturated carbocycles. The Labute approximate surface area is 170 Å². The van der Waals surface area contributed by atoms with Crippen molar-refractivity contribution < 1.29 is 9.59 Å². The minimum atomic E-state index is -0.652. The van der Waals surface area contributed by atoms with Crippen LogP contribution < -0.4 is 16.4 Å². The molecule has 0 saturated heterocycles. The zero-order chi connectivity index (χ0) is 19.9. The lowest BCUT2D eigenvalue weighted by molar-refractivity contribution is -0.123. The molecule has 0 spiro atoms. The number of carbonyl (C=O) groups excluding carboxylic acids is 2. The molecule has 2 amide bonds. The number of rotatable bonds is 6. The third-order valence-corrected chi connectivity index (χ3v) is 5.38. The molecule has 4 N–H and O–H groups in total. The third-order valence-electron chi connectivity index (χ3n) is 5.13. The van der Waals surface area contributed by atoms with E-state index in [4.69, 9.17) is 17.3 Å². The molecule has 0 bridgehead atoms. The summed E-state index contributed by atoms with van der Waals surface area (Å²) in [4.78, 5) is 25.6. The Morgan fingerprint density at radius 3 is 2.29 bits per heavy atom. The predicted molar refractivity (Wildman–Crippen MR) is 111 cm³/mol. The molecule has 28 heavy (non-hydrogen) atoms. The smallest absolute Gasteiger partial charge is 0.251 e. The number of nitrogens with two attached hydrogens (primary N) is 1. The number of benzene rings is 2. The number of hydrogen-bond acceptors (Lipinski definition) is 3. The van der Waals surface area contributed by atoms with Crippen LogP contribution in [-0.4, -0.2) is 29.9 Å². The summed E-state index contributed by atoms with van der Waals surface area (Å²) in [5, 5.41) is 6.54. The van der Waals surface area contributed by atoms with E-state index in [1.807, 2.05) is 30.3 Å². The summed E-state index contributed by atoms with van der Waals surface area (Å²) in [6.45, 7) is 0. The van der Waals surface area contributed by atoms with Gasteiger partial charge in [0.1, 0.15) is 6.04 Å². The van der Waals surface area contributed by atoms with Crippen molar-refractivity contribution in [3.05, 3.63) is 70.7 Å². The van der Waals surface area contributed by atoms with E-state index in [-0.39, 0.29) is 23.9 Å². The van der Waals surface area contributed by atoms with Crippen molar-refractivity contribution in [1.29, 1.82) is 0 Å². The third kappa shape index (κ3) is 5.81. The minimum absolute atomic E-state index is 0.109. The van der Waals surface area contributed by atoms with Crippen LogP contribution in [0.25, 0.3) is 0 Å². The molecule has 1 unspecified atom stereocenters. The van der Waals surface area contributed by atoms with Crippen molar-refractivity contribution in [1.82, 2.24) is 10.6 Å². The summed E-state index contributed by atoms with van der Waals surface area (Å²) >= 11 is 5.89. The number of halogens is 1. The molecule has 1 aliphatic rings. The van der Waals surface area contributed by atoms with E-state index in [0.717, 1.165) is 31.2 Å². The molecular weight excluding hydrogens is 374 g/mol. The molecule has 0 aromatic heterocycles. The maximum absolute atomic E-state index is 12.9. The second-order valence-corrected chi connectivity index (χ2v) is 7.78. The summed E-state index contributed by atoms with van der Waals surface area (Å²) in [5.41, 5.74) is 7.41. The van der Waals surface area contributed by atoms with E-state index < -0.39 is 6.04 Å². The molecule has 0 heterocycles. The molecular formula is C22H26ClN3O2. The number of hydrogen-bond donors (Lipinski definition) is 3. The highest BCUT2D eigenvalue weighted by Crippen LogP contribution is 2.17. The van der Waals surface area contributed by atoms with Crippen molar-refractivity contribution in [2.45, 2.75) is 50.2 Å². The lowest BCUT2D eigenvalue weighted by Crippen LogP contribution is -2.51. The number of amides is 2. The SMILES string of the molecule is NC1CCC(NC(=O)C(Cc2ccccc2)NC(=O)c2ccc(Cl)cc2)CC1. The van der Waals surface area contributed by atoms with Gasteiger partial charge in [0.15, 0.2) is 0 Å². The van der Waals surface area contributed by atoms with Gasteiger partial charge in [0.05, 0.1) is 0 Å². The fraction of sp³-hybridized carbons (Fsp3) is 0.364. The van der Waals surface area contributed by atoms with Crippen LogP contribution in [0.2, 0.25) is 5.02 Å². The molecule has 0 aliphatic heterocycles. The van der Waals surface area contributed by atoms with Crippen molar-refractivity contribution in [3.8, 4) is 0 Å². The zero-order valence-corrected chi connectivity index (χ0v) is 16.5. The Hall–Kier alpha value is -2.37. The highest BCUT2D eigenvalue weighted by molar-refractivity contribution is 6.30. The molecule has 5 nitrogen and oxygen atoms in total. The quantitative estimate of drug-likeness (QED) is 0.697. The molecule has 1 atom stereocenters. The van der Waals surface area contributed by atoms with Gasteiger partial charge >= 0.3 is 0 Å². The maximum Gasteiger partial charge on any atom is 0.251 e. The summed E-state index contributed by atoms with van der Waals surface area (Å²) < 4.78 is 0. The predicted octanol–water partition coefficient (Wildman–Crippen LogP) is 3.07. The Bertz CT molecular complexity index is 787. The highest BCUT2D eigenvalue weighted by atomic mass is 35.5. The van der Waals surface area contributed by atoms with Gasteiger partial charge in [-0.25, -0.2) is 0 Å². The van der Waals surface area contributed by atoms with Crippen LogP contribution in [0.15, 0.2) is 54.6 Å². The molecule has 148 valence electrons. The van der Waals surface area contributed by atoms with Crippen LogP contribution in [0.3, 0.4) is 0 Å². The molecule has 0 radical (unpaired) electrons. The molecule has 6 heteroatoms. The van der Waals surface area contributed by atoms with Gasteiger partial charge < -0.3 is 16.4 Å². The lowest BCUT2D eigenvalue weighted by Gasteiger charge is -2.28. The van der Waals surface area contributed by atoms with Crippen molar-refractivity contribution in [2.75, 3.05) is 0 Å². The van der Waals surface area contributed by atoms with Crippen LogP contribution in [0.4, 0.5) is 0 Å². The standard InChI is InChI=1S/C22H26ClN3O2/c23-17-8-6-16(7-9-17)21(27)26-20(14-15-4-2-1-3-5-15)22(28)25-19-12-10-18(24)11-13-19/h1-9,18-20H,10-14,24H2,(H,25,28)(H,26,27). The van der Waals surface area contributed by atoms with Crippen molar-refractivity contribution in [3.63, 3.8) is 0 Å². The highest BCUT2D eigenvalue weighted by Gasteiger charge is 2.26. The lowest BCUT2D eigenvalue weighted by atomic mass is 9.91. The fourth-order valence-electron chi connectivity index (χ4n) is 3.47. The Balaban J connectivity index is 1.69. The second kappa shape index (κ2) is 9.71. The van der Waals surface area contributed by atoms with E-state index >= 15 is 0 Å². The van der Waals surface area contributed by atoms with Gasteiger partial charge in [-0.2, -0.15) is 0 Å². The minimum Gasteiger partial charge on any atom is -0.352 e. The average Bonchev–Trinajstić information content (AvgIpc) is 2.70. The summed E-state index contributed by atoms with van der Waals surface area (Å²) in [7, 11) is 0. The van der Waals surface area contributed by atoms with Gasteiger partial charge in [0, 0.05) is 29.1 Å². The van der Waals surface area contributed by atoms with E-state index in [1.165, 1.54) is 0 Å². The summed E-state index contributed by atoms with van der Waals surface area (Å²) in [5.74, 6) is -0.454. The van der Waals surface area contributed by atoms with E-state index in [1.54, 1.807) is 24.3 Å². The van der Waals surface area contributed by atoms with Crippen molar-refractivity contribution in [2.24, 2.45) is 5.73 Å². The Morgan fingerprint density at radius 1 is 1.00 bits per heavy atom. The number of carbonyl (C=O) groups is 2. The van der Waals surface area contributed by atoms with E-state index in [2.05, 4.69) is 10.6 Å². The summed E-state index contributed by atoms with van der Waals surface area (Å²) in [6, 6.07) is 16.0. The van der Waals surface area contributed by atoms with Gasteiger partial charge in [0.25, 0.3) is 5.91 Å². The van der Waals surface area contributed by atoms with Gasteiger partial charge in [-0.1, -0.05) is 41.9 Å². The number of nitrogens with one attached hydrogen (secondary N) is 2. The maximum atomic E-state index is 12.9. The molecule has 2 aromatic carbocycles. The second-order valence-electron chi connectivity index (χ2n) is 7.34. The van der Waals surface area contributed by atoms with Gasteiger partial charge in [-0.3, -0.25) is 9.59 Å².